The van der Waals surface area contributed by atoms with Crippen LogP contribution in [0.2, 0.25) is 5.02 Å². The molecule has 0 fully saturated rings. The van der Waals surface area contributed by atoms with Crippen molar-refractivity contribution in [2.45, 2.75) is 31.8 Å². The maximum atomic E-state index is 12.1. The molecule has 24 heavy (non-hydrogen) atoms. The maximum Gasteiger partial charge on any atom is 0.338 e. The van der Waals surface area contributed by atoms with Gasteiger partial charge in [-0.1, -0.05) is 25.4 Å². The van der Waals surface area contributed by atoms with Crippen molar-refractivity contribution in [2.75, 3.05) is 13.6 Å². The van der Waals surface area contributed by atoms with Gasteiger partial charge >= 0.3 is 5.97 Å². The summed E-state index contributed by atoms with van der Waals surface area (Å²) in [6.07, 6.45) is -1.00. The highest BCUT2D eigenvalue weighted by molar-refractivity contribution is 7.89. The first-order chi connectivity index (χ1) is 11.1. The summed E-state index contributed by atoms with van der Waals surface area (Å²) in [5.41, 5.74) is -0.0169. The van der Waals surface area contributed by atoms with Crippen LogP contribution in [-0.2, 0) is 19.6 Å². The zero-order chi connectivity index (χ0) is 18.5. The van der Waals surface area contributed by atoms with Crippen LogP contribution < -0.4 is 10.0 Å². The summed E-state index contributed by atoms with van der Waals surface area (Å²) in [7, 11) is -2.58. The van der Waals surface area contributed by atoms with E-state index < -0.39 is 28.0 Å². The van der Waals surface area contributed by atoms with E-state index in [1.807, 2.05) is 13.8 Å². The molecule has 0 aliphatic rings. The lowest BCUT2D eigenvalue weighted by atomic mass is 10.2. The molecule has 7 nitrogen and oxygen atoms in total. The van der Waals surface area contributed by atoms with E-state index in [0.29, 0.717) is 6.54 Å². The lowest BCUT2D eigenvalue weighted by Crippen LogP contribution is -2.37. The summed E-state index contributed by atoms with van der Waals surface area (Å²) in [4.78, 5) is 23.7. The van der Waals surface area contributed by atoms with Gasteiger partial charge in [-0.2, -0.15) is 0 Å². The molecule has 1 atom stereocenters. The molecule has 1 rings (SSSR count). The minimum Gasteiger partial charge on any atom is -0.449 e. The largest absolute Gasteiger partial charge is 0.449 e. The molecular weight excluding hydrogens is 356 g/mol. The van der Waals surface area contributed by atoms with Gasteiger partial charge < -0.3 is 10.1 Å². The molecule has 0 spiro atoms. The fourth-order valence-corrected chi connectivity index (χ4v) is 2.93. The van der Waals surface area contributed by atoms with Crippen LogP contribution >= 0.6 is 11.6 Å². The summed E-state index contributed by atoms with van der Waals surface area (Å²) in [5.74, 6) is -0.970. The number of sulfonamides is 1. The summed E-state index contributed by atoms with van der Waals surface area (Å²) in [6.45, 7) is 5.78. The molecule has 0 saturated heterocycles. The van der Waals surface area contributed by atoms with Gasteiger partial charge in [0.1, 0.15) is 4.90 Å². The molecule has 0 heterocycles. The number of rotatable bonds is 7. The Balaban J connectivity index is 2.89. The average molecular weight is 377 g/mol. The number of ether oxygens (including phenoxy) is 1. The van der Waals surface area contributed by atoms with Gasteiger partial charge in [0.05, 0.1) is 10.6 Å². The van der Waals surface area contributed by atoms with Gasteiger partial charge in [0.2, 0.25) is 10.0 Å². The average Bonchev–Trinajstić information content (AvgIpc) is 2.52. The number of carbonyl (C=O) groups excluding carboxylic acids is 2. The van der Waals surface area contributed by atoms with Crippen LogP contribution in [0.3, 0.4) is 0 Å². The Kier molecular flexibility index (Phi) is 7.19. The first kappa shape index (κ1) is 20.4. The third kappa shape index (κ3) is 5.47. The highest BCUT2D eigenvalue weighted by Gasteiger charge is 2.22. The highest BCUT2D eigenvalue weighted by Crippen LogP contribution is 2.23. The van der Waals surface area contributed by atoms with Crippen LogP contribution in [0.1, 0.15) is 31.1 Å². The maximum absolute atomic E-state index is 12.1. The minimum absolute atomic E-state index is 0.0169. The summed E-state index contributed by atoms with van der Waals surface area (Å²) in [5, 5.41) is 2.63. The minimum atomic E-state index is -3.82. The van der Waals surface area contributed by atoms with Crippen molar-refractivity contribution in [3.63, 3.8) is 0 Å². The van der Waals surface area contributed by atoms with Crippen molar-refractivity contribution >= 4 is 33.5 Å². The molecule has 1 amide bonds. The number of nitrogens with one attached hydrogen (secondary N) is 2. The third-order valence-corrected chi connectivity index (χ3v) is 4.96. The Morgan fingerprint density at radius 2 is 1.88 bits per heavy atom. The second kappa shape index (κ2) is 8.46. The van der Waals surface area contributed by atoms with Gasteiger partial charge in [0.15, 0.2) is 6.10 Å². The molecule has 0 aliphatic carbocycles. The van der Waals surface area contributed by atoms with Crippen LogP contribution in [0.4, 0.5) is 0 Å². The number of esters is 1. The molecule has 134 valence electrons. The molecule has 9 heteroatoms. The Labute approximate surface area is 146 Å². The van der Waals surface area contributed by atoms with Gasteiger partial charge in [0, 0.05) is 6.54 Å². The number of halogens is 1. The normalized spacial score (nSPS) is 12.8. The van der Waals surface area contributed by atoms with Gasteiger partial charge in [-0.05, 0) is 38.1 Å². The quantitative estimate of drug-likeness (QED) is 0.703. The van der Waals surface area contributed by atoms with Crippen molar-refractivity contribution in [3.05, 3.63) is 28.8 Å². The van der Waals surface area contributed by atoms with Crippen LogP contribution in [0.15, 0.2) is 23.1 Å². The Hall–Kier alpha value is -1.64. The molecule has 0 saturated carbocycles. The topological polar surface area (TPSA) is 102 Å². The fraction of sp³-hybridized carbons (Fsp3) is 0.467. The standard InChI is InChI=1S/C15H21ClN2O5S/c1-9(2)8-18-14(19)10(3)23-15(20)11-5-6-12(16)13(7-11)24(21,22)17-4/h5-7,9-10,17H,8H2,1-4H3,(H,18,19)/t10-/m1/s1. The lowest BCUT2D eigenvalue weighted by molar-refractivity contribution is -0.129. The fourth-order valence-electron chi connectivity index (χ4n) is 1.68. The highest BCUT2D eigenvalue weighted by atomic mass is 35.5. The first-order valence-corrected chi connectivity index (χ1v) is 9.16. The lowest BCUT2D eigenvalue weighted by Gasteiger charge is -2.15. The molecule has 0 unspecified atom stereocenters. The number of hydrogen-bond donors (Lipinski definition) is 2. The van der Waals surface area contributed by atoms with Gasteiger partial charge in [-0.3, -0.25) is 4.79 Å². The Morgan fingerprint density at radius 3 is 2.42 bits per heavy atom. The van der Waals surface area contributed by atoms with Crippen LogP contribution in [0.25, 0.3) is 0 Å². The molecule has 0 bridgehead atoms. The summed E-state index contributed by atoms with van der Waals surface area (Å²) in [6, 6.07) is 3.72. The van der Waals surface area contributed by atoms with Crippen molar-refractivity contribution in [1.29, 1.82) is 0 Å². The van der Waals surface area contributed by atoms with Crippen LogP contribution in [-0.4, -0.2) is 40.0 Å². The predicted molar refractivity (Wildman–Crippen MR) is 90.4 cm³/mol. The van der Waals surface area contributed by atoms with Gasteiger partial charge in [-0.15, -0.1) is 0 Å². The molecular formula is C15H21ClN2O5S. The molecule has 0 aromatic heterocycles. The summed E-state index contributed by atoms with van der Waals surface area (Å²) < 4.78 is 30.9. The third-order valence-electron chi connectivity index (χ3n) is 3.06. The van der Waals surface area contributed by atoms with Crippen LogP contribution in [0.5, 0.6) is 0 Å². The molecule has 0 aliphatic heterocycles. The first-order valence-electron chi connectivity index (χ1n) is 7.30. The second-order valence-electron chi connectivity index (χ2n) is 5.54. The van der Waals surface area contributed by atoms with Gasteiger partial charge in [-0.25, -0.2) is 17.9 Å². The number of amides is 1. The zero-order valence-electron chi connectivity index (χ0n) is 13.9. The van der Waals surface area contributed by atoms with E-state index in [0.717, 1.165) is 6.07 Å². The molecule has 1 aromatic rings. The molecule has 1 aromatic carbocycles. The van der Waals surface area contributed by atoms with E-state index in [-0.39, 0.29) is 21.4 Å². The Morgan fingerprint density at radius 1 is 1.25 bits per heavy atom. The van der Waals surface area contributed by atoms with Crippen LogP contribution in [0, 0.1) is 5.92 Å². The second-order valence-corrected chi connectivity index (χ2v) is 7.80. The molecule has 2 N–H and O–H groups in total. The van der Waals surface area contributed by atoms with Crippen molar-refractivity contribution in [2.24, 2.45) is 5.92 Å². The smallest absolute Gasteiger partial charge is 0.338 e. The molecule has 0 radical (unpaired) electrons. The Bertz CT molecular complexity index is 719. The van der Waals surface area contributed by atoms with E-state index in [4.69, 9.17) is 16.3 Å². The van der Waals surface area contributed by atoms with Crippen molar-refractivity contribution in [3.8, 4) is 0 Å². The number of benzene rings is 1. The predicted octanol–water partition coefficient (Wildman–Crippen LogP) is 1.57. The van der Waals surface area contributed by atoms with Crippen molar-refractivity contribution < 1.29 is 22.7 Å². The van der Waals surface area contributed by atoms with E-state index in [1.165, 1.54) is 26.1 Å². The van der Waals surface area contributed by atoms with Gasteiger partial charge in [0.25, 0.3) is 5.91 Å². The SMILES string of the molecule is CNS(=O)(=O)c1cc(C(=O)O[C@H](C)C(=O)NCC(C)C)ccc1Cl. The van der Waals surface area contributed by atoms with E-state index in [1.54, 1.807) is 0 Å². The van der Waals surface area contributed by atoms with E-state index in [9.17, 15) is 18.0 Å². The number of carbonyl (C=O) groups is 2. The van der Waals surface area contributed by atoms with E-state index >= 15 is 0 Å². The van der Waals surface area contributed by atoms with Crippen molar-refractivity contribution in [1.82, 2.24) is 10.0 Å². The number of hydrogen-bond acceptors (Lipinski definition) is 5. The summed E-state index contributed by atoms with van der Waals surface area (Å²) >= 11 is 5.86. The van der Waals surface area contributed by atoms with E-state index in [2.05, 4.69) is 10.0 Å². The zero-order valence-corrected chi connectivity index (χ0v) is 15.5. The monoisotopic (exact) mass is 376 g/mol.